The summed E-state index contributed by atoms with van der Waals surface area (Å²) in [6.45, 7) is 3.11. The van der Waals surface area contributed by atoms with Crippen molar-refractivity contribution in [2.75, 3.05) is 26.8 Å². The molecule has 0 saturated carbocycles. The van der Waals surface area contributed by atoms with Crippen molar-refractivity contribution in [2.45, 2.75) is 25.7 Å². The van der Waals surface area contributed by atoms with Gasteiger partial charge in [0.1, 0.15) is 11.5 Å². The number of fused-ring (bicyclic) bond motifs is 1. The first-order valence-corrected chi connectivity index (χ1v) is 6.90. The largest absolute Gasteiger partial charge is 0.496 e. The summed E-state index contributed by atoms with van der Waals surface area (Å²) in [5.41, 5.74) is 2.59. The molecule has 0 aromatic heterocycles. The molecule has 0 aliphatic carbocycles. The molecule has 3 rings (SSSR count). The van der Waals surface area contributed by atoms with Crippen LogP contribution in [0.15, 0.2) is 12.1 Å². The predicted molar refractivity (Wildman–Crippen MR) is 71.5 cm³/mol. The highest BCUT2D eigenvalue weighted by molar-refractivity contribution is 5.48. The summed E-state index contributed by atoms with van der Waals surface area (Å²) >= 11 is 0. The Balaban J connectivity index is 1.81. The Morgan fingerprint density at radius 3 is 3.17 bits per heavy atom. The first-order chi connectivity index (χ1) is 8.86. The van der Waals surface area contributed by atoms with E-state index in [1.54, 1.807) is 7.11 Å². The van der Waals surface area contributed by atoms with Crippen molar-refractivity contribution in [2.24, 2.45) is 5.92 Å². The first-order valence-electron chi connectivity index (χ1n) is 6.90. The molecule has 0 amide bonds. The third-order valence-corrected chi connectivity index (χ3v) is 4.00. The molecule has 18 heavy (non-hydrogen) atoms. The molecule has 1 unspecified atom stereocenters. The van der Waals surface area contributed by atoms with Crippen molar-refractivity contribution in [1.82, 2.24) is 5.32 Å². The van der Waals surface area contributed by atoms with E-state index >= 15 is 0 Å². The zero-order valence-corrected chi connectivity index (χ0v) is 11.0. The highest BCUT2D eigenvalue weighted by Gasteiger charge is 2.20. The van der Waals surface area contributed by atoms with E-state index in [-0.39, 0.29) is 0 Å². The predicted octanol–water partition coefficient (Wildman–Crippen LogP) is 2.17. The van der Waals surface area contributed by atoms with Crippen LogP contribution >= 0.6 is 0 Å². The summed E-state index contributed by atoms with van der Waals surface area (Å²) in [7, 11) is 1.76. The van der Waals surface area contributed by atoms with Gasteiger partial charge in [-0.05, 0) is 56.0 Å². The van der Waals surface area contributed by atoms with Gasteiger partial charge in [0.05, 0.1) is 13.7 Å². The van der Waals surface area contributed by atoms with Crippen LogP contribution < -0.4 is 14.8 Å². The molecule has 0 spiro atoms. The molecule has 98 valence electrons. The van der Waals surface area contributed by atoms with E-state index in [1.165, 1.54) is 30.5 Å². The van der Waals surface area contributed by atoms with Gasteiger partial charge in [0.25, 0.3) is 0 Å². The smallest absolute Gasteiger partial charge is 0.123 e. The molecule has 1 aromatic carbocycles. The van der Waals surface area contributed by atoms with Crippen LogP contribution in [0.2, 0.25) is 0 Å². The summed E-state index contributed by atoms with van der Waals surface area (Å²) in [6.07, 6.45) is 4.70. The normalized spacial score (nSPS) is 22.4. The molecule has 1 saturated heterocycles. The van der Waals surface area contributed by atoms with Crippen LogP contribution in [0.1, 0.15) is 24.0 Å². The topological polar surface area (TPSA) is 30.5 Å². The Hall–Kier alpha value is -1.22. The van der Waals surface area contributed by atoms with Crippen molar-refractivity contribution in [3.63, 3.8) is 0 Å². The van der Waals surface area contributed by atoms with E-state index in [0.717, 1.165) is 43.4 Å². The SMILES string of the molecule is COc1cc2c(cc1CC1CCCNC1)OCC2. The van der Waals surface area contributed by atoms with Gasteiger partial charge in [0.2, 0.25) is 0 Å². The minimum absolute atomic E-state index is 0.729. The quantitative estimate of drug-likeness (QED) is 0.888. The Kier molecular flexibility index (Phi) is 3.41. The third kappa shape index (κ3) is 2.32. The number of methoxy groups -OCH3 is 1. The van der Waals surface area contributed by atoms with E-state index in [2.05, 4.69) is 17.4 Å². The van der Waals surface area contributed by atoms with Crippen molar-refractivity contribution in [3.05, 3.63) is 23.3 Å². The lowest BCUT2D eigenvalue weighted by Gasteiger charge is -2.23. The number of rotatable bonds is 3. The van der Waals surface area contributed by atoms with Gasteiger partial charge >= 0.3 is 0 Å². The van der Waals surface area contributed by atoms with Gasteiger partial charge in [0.15, 0.2) is 0 Å². The Morgan fingerprint density at radius 1 is 1.44 bits per heavy atom. The molecule has 1 atom stereocenters. The maximum atomic E-state index is 5.66. The summed E-state index contributed by atoms with van der Waals surface area (Å²) < 4.78 is 11.2. The zero-order valence-electron chi connectivity index (χ0n) is 11.0. The molecule has 1 aromatic rings. The molecular weight excluding hydrogens is 226 g/mol. The average molecular weight is 247 g/mol. The lowest BCUT2D eigenvalue weighted by Crippen LogP contribution is -2.30. The third-order valence-electron chi connectivity index (χ3n) is 4.00. The highest BCUT2D eigenvalue weighted by atomic mass is 16.5. The number of piperidine rings is 1. The number of hydrogen-bond donors (Lipinski definition) is 1. The van der Waals surface area contributed by atoms with Crippen LogP contribution in [0.25, 0.3) is 0 Å². The second-order valence-corrected chi connectivity index (χ2v) is 5.29. The zero-order chi connectivity index (χ0) is 12.4. The van der Waals surface area contributed by atoms with E-state index in [1.807, 2.05) is 0 Å². The number of nitrogens with one attached hydrogen (secondary N) is 1. The molecule has 2 aliphatic rings. The molecule has 3 heteroatoms. The van der Waals surface area contributed by atoms with Gasteiger partial charge in [-0.2, -0.15) is 0 Å². The van der Waals surface area contributed by atoms with Gasteiger partial charge < -0.3 is 14.8 Å². The van der Waals surface area contributed by atoms with E-state index < -0.39 is 0 Å². The van der Waals surface area contributed by atoms with Crippen LogP contribution in [-0.2, 0) is 12.8 Å². The van der Waals surface area contributed by atoms with Gasteiger partial charge in [0, 0.05) is 12.0 Å². The summed E-state index contributed by atoms with van der Waals surface area (Å²) in [5, 5.41) is 3.47. The fraction of sp³-hybridized carbons (Fsp3) is 0.600. The lowest BCUT2D eigenvalue weighted by atomic mass is 9.91. The number of benzene rings is 1. The van der Waals surface area contributed by atoms with E-state index in [0.29, 0.717) is 0 Å². The molecule has 0 radical (unpaired) electrons. The molecule has 2 aliphatic heterocycles. The van der Waals surface area contributed by atoms with Crippen LogP contribution in [0, 0.1) is 5.92 Å². The van der Waals surface area contributed by atoms with Gasteiger partial charge in [-0.3, -0.25) is 0 Å². The average Bonchev–Trinajstić information content (AvgIpc) is 2.86. The Labute approximate surface area is 108 Å². The van der Waals surface area contributed by atoms with Crippen LogP contribution in [0.5, 0.6) is 11.5 Å². The maximum Gasteiger partial charge on any atom is 0.123 e. The molecule has 0 bridgehead atoms. The number of hydrogen-bond acceptors (Lipinski definition) is 3. The minimum atomic E-state index is 0.729. The molecule has 3 nitrogen and oxygen atoms in total. The van der Waals surface area contributed by atoms with Gasteiger partial charge in [-0.15, -0.1) is 0 Å². The van der Waals surface area contributed by atoms with Crippen molar-refractivity contribution < 1.29 is 9.47 Å². The standard InChI is InChI=1S/C15H21NO2/c1-17-14-8-12-4-6-18-15(12)9-13(14)7-11-3-2-5-16-10-11/h8-9,11,16H,2-7,10H2,1H3. The molecule has 2 heterocycles. The fourth-order valence-electron chi connectivity index (χ4n) is 3.00. The van der Waals surface area contributed by atoms with E-state index in [4.69, 9.17) is 9.47 Å². The minimum Gasteiger partial charge on any atom is -0.496 e. The molecule has 1 fully saturated rings. The molecular formula is C15H21NO2. The lowest BCUT2D eigenvalue weighted by molar-refractivity contribution is 0.351. The van der Waals surface area contributed by atoms with Crippen LogP contribution in [-0.4, -0.2) is 26.8 Å². The Bertz CT molecular complexity index is 425. The van der Waals surface area contributed by atoms with Crippen molar-refractivity contribution >= 4 is 0 Å². The second-order valence-electron chi connectivity index (χ2n) is 5.29. The van der Waals surface area contributed by atoms with Crippen LogP contribution in [0.3, 0.4) is 0 Å². The summed E-state index contributed by atoms with van der Waals surface area (Å²) in [6, 6.07) is 4.35. The van der Waals surface area contributed by atoms with Gasteiger partial charge in [-0.1, -0.05) is 0 Å². The summed E-state index contributed by atoms with van der Waals surface area (Å²) in [5.74, 6) is 2.83. The monoisotopic (exact) mass is 247 g/mol. The van der Waals surface area contributed by atoms with E-state index in [9.17, 15) is 0 Å². The maximum absolute atomic E-state index is 5.66. The van der Waals surface area contributed by atoms with Gasteiger partial charge in [-0.25, -0.2) is 0 Å². The molecule has 1 N–H and O–H groups in total. The van der Waals surface area contributed by atoms with Crippen molar-refractivity contribution in [1.29, 1.82) is 0 Å². The first kappa shape index (κ1) is 11.8. The second kappa shape index (κ2) is 5.19. The van der Waals surface area contributed by atoms with Crippen molar-refractivity contribution in [3.8, 4) is 11.5 Å². The fourth-order valence-corrected chi connectivity index (χ4v) is 3.00. The van der Waals surface area contributed by atoms with Crippen LogP contribution in [0.4, 0.5) is 0 Å². The Morgan fingerprint density at radius 2 is 2.39 bits per heavy atom. The summed E-state index contributed by atoms with van der Waals surface area (Å²) in [4.78, 5) is 0. The highest BCUT2D eigenvalue weighted by Crippen LogP contribution is 2.34. The number of ether oxygens (including phenoxy) is 2.